The SMILES string of the molecule is S=c1ccnc(CC2CCCCC2)[nH]1. The number of nitrogens with one attached hydrogen (secondary N) is 1. The van der Waals surface area contributed by atoms with Crippen LogP contribution in [0.5, 0.6) is 0 Å². The summed E-state index contributed by atoms with van der Waals surface area (Å²) in [7, 11) is 0. The smallest absolute Gasteiger partial charge is 0.107 e. The summed E-state index contributed by atoms with van der Waals surface area (Å²) in [5.74, 6) is 1.88. The fourth-order valence-electron chi connectivity index (χ4n) is 2.18. The molecule has 1 heterocycles. The summed E-state index contributed by atoms with van der Waals surface area (Å²) in [6.07, 6.45) is 9.78. The summed E-state index contributed by atoms with van der Waals surface area (Å²) < 4.78 is 0.797. The Hall–Kier alpha value is -0.700. The Balaban J connectivity index is 1.99. The largest absolute Gasteiger partial charge is 0.335 e. The number of H-pyrrole nitrogens is 1. The zero-order valence-electron chi connectivity index (χ0n) is 8.33. The fraction of sp³-hybridized carbons (Fsp3) is 0.636. The van der Waals surface area contributed by atoms with Gasteiger partial charge in [0, 0.05) is 12.6 Å². The summed E-state index contributed by atoms with van der Waals surface area (Å²) in [5, 5.41) is 0. The zero-order valence-corrected chi connectivity index (χ0v) is 9.15. The van der Waals surface area contributed by atoms with E-state index in [0.717, 1.165) is 22.8 Å². The Kier molecular flexibility index (Phi) is 3.30. The molecule has 2 nitrogen and oxygen atoms in total. The summed E-state index contributed by atoms with van der Waals surface area (Å²) in [6, 6.07) is 1.83. The van der Waals surface area contributed by atoms with Crippen LogP contribution in [0.3, 0.4) is 0 Å². The van der Waals surface area contributed by atoms with Gasteiger partial charge in [-0.2, -0.15) is 0 Å². The summed E-state index contributed by atoms with van der Waals surface area (Å²) in [5.41, 5.74) is 0. The van der Waals surface area contributed by atoms with Crippen molar-refractivity contribution in [3.05, 3.63) is 22.7 Å². The van der Waals surface area contributed by atoms with Crippen LogP contribution in [-0.4, -0.2) is 9.97 Å². The maximum atomic E-state index is 5.07. The lowest BCUT2D eigenvalue weighted by Crippen LogP contribution is -2.11. The third kappa shape index (κ3) is 2.64. The summed E-state index contributed by atoms with van der Waals surface area (Å²) in [6.45, 7) is 0. The Morgan fingerprint density at radius 3 is 2.86 bits per heavy atom. The summed E-state index contributed by atoms with van der Waals surface area (Å²) in [4.78, 5) is 7.47. The van der Waals surface area contributed by atoms with E-state index >= 15 is 0 Å². The topological polar surface area (TPSA) is 28.7 Å². The van der Waals surface area contributed by atoms with Crippen molar-refractivity contribution < 1.29 is 0 Å². The number of hydrogen-bond acceptors (Lipinski definition) is 2. The van der Waals surface area contributed by atoms with Crippen molar-refractivity contribution in [2.75, 3.05) is 0 Å². The molecule has 1 aliphatic carbocycles. The fourth-order valence-corrected chi connectivity index (χ4v) is 2.36. The second-order valence-electron chi connectivity index (χ2n) is 4.09. The molecule has 76 valence electrons. The Bertz CT molecular complexity index is 339. The van der Waals surface area contributed by atoms with E-state index < -0.39 is 0 Å². The van der Waals surface area contributed by atoms with Gasteiger partial charge in [-0.3, -0.25) is 0 Å². The van der Waals surface area contributed by atoms with Crippen molar-refractivity contribution >= 4 is 12.2 Å². The van der Waals surface area contributed by atoms with Crippen molar-refractivity contribution in [3.63, 3.8) is 0 Å². The van der Waals surface area contributed by atoms with Crippen LogP contribution in [0.2, 0.25) is 0 Å². The average molecular weight is 208 g/mol. The van der Waals surface area contributed by atoms with Crippen molar-refractivity contribution in [3.8, 4) is 0 Å². The Morgan fingerprint density at radius 2 is 2.14 bits per heavy atom. The molecular weight excluding hydrogens is 192 g/mol. The van der Waals surface area contributed by atoms with E-state index in [1.165, 1.54) is 32.1 Å². The highest BCUT2D eigenvalue weighted by Crippen LogP contribution is 2.25. The van der Waals surface area contributed by atoms with E-state index in [0.29, 0.717) is 0 Å². The molecule has 0 aromatic carbocycles. The first-order chi connectivity index (χ1) is 6.84. The molecule has 2 rings (SSSR count). The van der Waals surface area contributed by atoms with Crippen molar-refractivity contribution in [1.82, 2.24) is 9.97 Å². The number of aromatic nitrogens is 2. The van der Waals surface area contributed by atoms with Gasteiger partial charge >= 0.3 is 0 Å². The van der Waals surface area contributed by atoms with Gasteiger partial charge in [-0.05, 0) is 12.0 Å². The van der Waals surface area contributed by atoms with Crippen LogP contribution < -0.4 is 0 Å². The van der Waals surface area contributed by atoms with E-state index in [-0.39, 0.29) is 0 Å². The lowest BCUT2D eigenvalue weighted by Gasteiger charge is -2.20. The quantitative estimate of drug-likeness (QED) is 0.756. The minimum absolute atomic E-state index is 0.797. The highest BCUT2D eigenvalue weighted by Gasteiger charge is 2.14. The minimum atomic E-state index is 0.797. The van der Waals surface area contributed by atoms with Crippen LogP contribution in [0.1, 0.15) is 37.9 Å². The second-order valence-corrected chi connectivity index (χ2v) is 4.53. The number of nitrogens with zero attached hydrogens (tertiary/aromatic N) is 1. The molecule has 0 amide bonds. The van der Waals surface area contributed by atoms with Crippen molar-refractivity contribution in [1.29, 1.82) is 0 Å². The molecule has 1 aromatic rings. The highest BCUT2D eigenvalue weighted by atomic mass is 32.1. The lowest BCUT2D eigenvalue weighted by atomic mass is 9.87. The predicted molar refractivity (Wildman–Crippen MR) is 59.7 cm³/mol. The van der Waals surface area contributed by atoms with Gasteiger partial charge in [0.15, 0.2) is 0 Å². The molecule has 1 aromatic heterocycles. The van der Waals surface area contributed by atoms with E-state index in [1.54, 1.807) is 6.20 Å². The Morgan fingerprint density at radius 1 is 1.36 bits per heavy atom. The zero-order chi connectivity index (χ0) is 9.80. The molecular formula is C11H16N2S. The van der Waals surface area contributed by atoms with E-state index in [1.807, 2.05) is 6.07 Å². The molecule has 14 heavy (non-hydrogen) atoms. The monoisotopic (exact) mass is 208 g/mol. The van der Waals surface area contributed by atoms with Gasteiger partial charge in [0.1, 0.15) is 10.5 Å². The highest BCUT2D eigenvalue weighted by molar-refractivity contribution is 7.71. The molecule has 1 fully saturated rings. The second kappa shape index (κ2) is 4.69. The Labute approximate surface area is 89.8 Å². The molecule has 1 N–H and O–H groups in total. The van der Waals surface area contributed by atoms with E-state index in [9.17, 15) is 0 Å². The number of hydrogen-bond donors (Lipinski definition) is 1. The molecule has 3 heteroatoms. The van der Waals surface area contributed by atoms with Crippen LogP contribution in [0.4, 0.5) is 0 Å². The molecule has 1 saturated carbocycles. The maximum Gasteiger partial charge on any atom is 0.107 e. The standard InChI is InChI=1S/C11H16N2S/c14-11-6-7-12-10(13-11)8-9-4-2-1-3-5-9/h6-7,9H,1-5,8H2,(H,12,13,14). The molecule has 0 atom stereocenters. The van der Waals surface area contributed by atoms with Crippen LogP contribution in [-0.2, 0) is 6.42 Å². The predicted octanol–water partition coefficient (Wildman–Crippen LogP) is 3.26. The molecule has 0 spiro atoms. The normalized spacial score (nSPS) is 18.3. The first-order valence-corrected chi connectivity index (χ1v) is 5.79. The van der Waals surface area contributed by atoms with E-state index in [2.05, 4.69) is 9.97 Å². The van der Waals surface area contributed by atoms with Crippen molar-refractivity contribution in [2.45, 2.75) is 38.5 Å². The minimum Gasteiger partial charge on any atom is -0.335 e. The molecule has 0 saturated heterocycles. The first-order valence-electron chi connectivity index (χ1n) is 5.39. The average Bonchev–Trinajstić information content (AvgIpc) is 2.19. The molecule has 0 radical (unpaired) electrons. The molecule has 0 aliphatic heterocycles. The van der Waals surface area contributed by atoms with Crippen LogP contribution in [0, 0.1) is 10.6 Å². The van der Waals surface area contributed by atoms with Crippen LogP contribution in [0.25, 0.3) is 0 Å². The molecule has 1 aliphatic rings. The maximum absolute atomic E-state index is 5.07. The van der Waals surface area contributed by atoms with Gasteiger partial charge in [0.2, 0.25) is 0 Å². The summed E-state index contributed by atoms with van der Waals surface area (Å²) >= 11 is 5.07. The third-order valence-corrected chi connectivity index (χ3v) is 3.17. The lowest BCUT2D eigenvalue weighted by molar-refractivity contribution is 0.351. The van der Waals surface area contributed by atoms with Crippen LogP contribution >= 0.6 is 12.2 Å². The number of aromatic amines is 1. The van der Waals surface area contributed by atoms with Gasteiger partial charge in [0.05, 0.1) is 0 Å². The van der Waals surface area contributed by atoms with Gasteiger partial charge in [-0.1, -0.05) is 44.3 Å². The van der Waals surface area contributed by atoms with Gasteiger partial charge < -0.3 is 4.98 Å². The number of rotatable bonds is 2. The van der Waals surface area contributed by atoms with Crippen molar-refractivity contribution in [2.24, 2.45) is 5.92 Å². The molecule has 0 unspecified atom stereocenters. The van der Waals surface area contributed by atoms with Gasteiger partial charge in [-0.25, -0.2) is 4.98 Å². The third-order valence-electron chi connectivity index (χ3n) is 2.93. The molecule has 0 bridgehead atoms. The van der Waals surface area contributed by atoms with Crippen LogP contribution in [0.15, 0.2) is 12.3 Å². The van der Waals surface area contributed by atoms with E-state index in [4.69, 9.17) is 12.2 Å². The van der Waals surface area contributed by atoms with Gasteiger partial charge in [-0.15, -0.1) is 0 Å². The van der Waals surface area contributed by atoms with Gasteiger partial charge in [0.25, 0.3) is 0 Å². The first kappa shape index (κ1) is 9.84.